The van der Waals surface area contributed by atoms with E-state index in [9.17, 15) is 4.79 Å². The van der Waals surface area contributed by atoms with Gasteiger partial charge in [-0.2, -0.15) is 4.98 Å². The zero-order chi connectivity index (χ0) is 19.2. The molecule has 0 fully saturated rings. The van der Waals surface area contributed by atoms with Gasteiger partial charge in [0.1, 0.15) is 5.78 Å². The van der Waals surface area contributed by atoms with Crippen LogP contribution in [-0.4, -0.2) is 26.3 Å². The predicted molar refractivity (Wildman–Crippen MR) is 109 cm³/mol. The monoisotopic (exact) mass is 380 g/mol. The minimum atomic E-state index is -0.257. The Morgan fingerprint density at radius 2 is 2.11 bits per heavy atom. The van der Waals surface area contributed by atoms with Crippen LogP contribution in [0.2, 0.25) is 0 Å². The van der Waals surface area contributed by atoms with Gasteiger partial charge in [0.05, 0.1) is 12.0 Å². The average Bonchev–Trinajstić information content (AvgIpc) is 3.00. The van der Waals surface area contributed by atoms with Crippen LogP contribution in [0.4, 0.5) is 5.95 Å². The summed E-state index contributed by atoms with van der Waals surface area (Å²) >= 11 is 1.54. The number of thioether (sulfide) groups is 1. The largest absolute Gasteiger partial charge is 0.328 e. The van der Waals surface area contributed by atoms with Crippen LogP contribution < -0.4 is 5.32 Å². The molecule has 0 saturated carbocycles. The molecule has 1 aromatic carbocycles. The molecule has 0 spiro atoms. The second-order valence-corrected chi connectivity index (χ2v) is 8.94. The molecule has 27 heavy (non-hydrogen) atoms. The van der Waals surface area contributed by atoms with Crippen molar-refractivity contribution in [3.63, 3.8) is 0 Å². The number of benzene rings is 1. The zero-order valence-corrected chi connectivity index (χ0v) is 16.7. The van der Waals surface area contributed by atoms with Gasteiger partial charge < -0.3 is 5.32 Å². The van der Waals surface area contributed by atoms with Crippen LogP contribution in [0.5, 0.6) is 0 Å². The molecule has 1 aromatic heterocycles. The molecule has 0 unspecified atom stereocenters. The maximum atomic E-state index is 13.1. The Hall–Kier alpha value is -2.34. The van der Waals surface area contributed by atoms with E-state index < -0.39 is 0 Å². The highest BCUT2D eigenvalue weighted by Crippen LogP contribution is 2.45. The summed E-state index contributed by atoms with van der Waals surface area (Å²) in [5, 5.41) is 8.79. The number of anilines is 1. The molecule has 1 aliphatic heterocycles. The quantitative estimate of drug-likeness (QED) is 0.630. The SMILES string of the molecule is C=CCSc1nc2n(n1)[C@H](c1ccc(C)cc1)[C@H]1C(=O)CC(C)(C)C=C1N2. The summed E-state index contributed by atoms with van der Waals surface area (Å²) < 4.78 is 1.88. The highest BCUT2D eigenvalue weighted by molar-refractivity contribution is 7.99. The maximum absolute atomic E-state index is 13.1. The van der Waals surface area contributed by atoms with Crippen molar-refractivity contribution < 1.29 is 4.79 Å². The third kappa shape index (κ3) is 3.34. The number of ketones is 1. The third-order valence-corrected chi connectivity index (χ3v) is 5.89. The number of rotatable bonds is 4. The van der Waals surface area contributed by atoms with Crippen molar-refractivity contribution in [3.8, 4) is 0 Å². The molecule has 4 rings (SSSR count). The number of hydrogen-bond donors (Lipinski definition) is 1. The summed E-state index contributed by atoms with van der Waals surface area (Å²) in [6.07, 6.45) is 4.56. The summed E-state index contributed by atoms with van der Waals surface area (Å²) in [7, 11) is 0. The van der Waals surface area contributed by atoms with E-state index in [-0.39, 0.29) is 23.2 Å². The van der Waals surface area contributed by atoms with E-state index in [1.54, 1.807) is 11.8 Å². The number of nitrogens with one attached hydrogen (secondary N) is 1. The Labute approximate surface area is 164 Å². The molecule has 1 aliphatic carbocycles. The Morgan fingerprint density at radius 3 is 2.81 bits per heavy atom. The van der Waals surface area contributed by atoms with E-state index in [1.165, 1.54) is 5.56 Å². The van der Waals surface area contributed by atoms with Crippen LogP contribution in [0.1, 0.15) is 37.4 Å². The van der Waals surface area contributed by atoms with Crippen LogP contribution >= 0.6 is 11.8 Å². The second-order valence-electron chi connectivity index (χ2n) is 7.95. The standard InChI is InChI=1S/C21H24N4OS/c1-5-10-27-20-23-19-22-15-11-21(3,4)12-16(26)17(15)18(25(19)24-20)14-8-6-13(2)7-9-14/h5-9,11,17-18H,1,10,12H2,2-4H3,(H,22,23,24)/t17-,18-/m1/s1. The number of aromatic nitrogens is 3. The second kappa shape index (κ2) is 6.68. The molecule has 6 heteroatoms. The average molecular weight is 381 g/mol. The van der Waals surface area contributed by atoms with Gasteiger partial charge in [-0.05, 0) is 17.9 Å². The van der Waals surface area contributed by atoms with E-state index in [1.807, 2.05) is 10.8 Å². The normalized spacial score (nSPS) is 23.1. The molecule has 140 valence electrons. The third-order valence-electron chi connectivity index (χ3n) is 5.05. The topological polar surface area (TPSA) is 59.8 Å². The minimum absolute atomic E-state index is 0.156. The summed E-state index contributed by atoms with van der Waals surface area (Å²) in [6.45, 7) is 10.0. The highest BCUT2D eigenvalue weighted by atomic mass is 32.2. The predicted octanol–water partition coefficient (Wildman–Crippen LogP) is 4.38. The molecule has 0 amide bonds. The van der Waals surface area contributed by atoms with Crippen molar-refractivity contribution in [2.75, 3.05) is 11.1 Å². The van der Waals surface area contributed by atoms with E-state index in [0.717, 1.165) is 17.0 Å². The number of carbonyl (C=O) groups excluding carboxylic acids is 1. The number of fused-ring (bicyclic) bond motifs is 2. The smallest absolute Gasteiger partial charge is 0.227 e. The van der Waals surface area contributed by atoms with Crippen molar-refractivity contribution in [2.24, 2.45) is 11.3 Å². The van der Waals surface area contributed by atoms with Crippen molar-refractivity contribution >= 4 is 23.5 Å². The fourth-order valence-corrected chi connectivity index (χ4v) is 4.46. The van der Waals surface area contributed by atoms with Gasteiger partial charge in [-0.3, -0.25) is 4.79 Å². The maximum Gasteiger partial charge on any atom is 0.227 e. The fraction of sp³-hybridized carbons (Fsp3) is 0.381. The fourth-order valence-electron chi connectivity index (χ4n) is 3.90. The molecule has 0 radical (unpaired) electrons. The lowest BCUT2D eigenvalue weighted by molar-refractivity contribution is -0.125. The molecule has 2 aromatic rings. The number of Topliss-reactive ketones (excluding diaryl/α,β-unsaturated/α-hetero) is 1. The first kappa shape index (κ1) is 18.0. The summed E-state index contributed by atoms with van der Waals surface area (Å²) in [6, 6.07) is 8.18. The van der Waals surface area contributed by atoms with Crippen molar-refractivity contribution in [3.05, 3.63) is 59.8 Å². The van der Waals surface area contributed by atoms with Gasteiger partial charge in [0.25, 0.3) is 0 Å². The molecule has 1 N–H and O–H groups in total. The van der Waals surface area contributed by atoms with E-state index in [4.69, 9.17) is 5.10 Å². The van der Waals surface area contributed by atoms with Gasteiger partial charge in [-0.25, -0.2) is 4.68 Å². The zero-order valence-electron chi connectivity index (χ0n) is 15.9. The molecular weight excluding hydrogens is 356 g/mol. The van der Waals surface area contributed by atoms with E-state index >= 15 is 0 Å². The number of nitrogens with zero attached hydrogens (tertiary/aromatic N) is 3. The van der Waals surface area contributed by atoms with E-state index in [2.05, 4.69) is 68.0 Å². The Balaban J connectivity index is 1.85. The van der Waals surface area contributed by atoms with Gasteiger partial charge >= 0.3 is 0 Å². The number of carbonyl (C=O) groups is 1. The van der Waals surface area contributed by atoms with Crippen molar-refractivity contribution in [1.29, 1.82) is 0 Å². The summed E-state index contributed by atoms with van der Waals surface area (Å²) in [4.78, 5) is 17.8. The van der Waals surface area contributed by atoms with Gasteiger partial charge in [0.15, 0.2) is 0 Å². The minimum Gasteiger partial charge on any atom is -0.328 e. The Kier molecular flexibility index (Phi) is 4.46. The van der Waals surface area contributed by atoms with Crippen LogP contribution in [0.25, 0.3) is 0 Å². The molecule has 0 bridgehead atoms. The molecule has 0 saturated heterocycles. The lowest BCUT2D eigenvalue weighted by Crippen LogP contribution is -2.42. The first-order valence-corrected chi connectivity index (χ1v) is 10.2. The van der Waals surface area contributed by atoms with Gasteiger partial charge in [0, 0.05) is 17.9 Å². The van der Waals surface area contributed by atoms with Crippen LogP contribution in [0.15, 0.2) is 53.8 Å². The summed E-state index contributed by atoms with van der Waals surface area (Å²) in [5.74, 6) is 1.43. The number of allylic oxidation sites excluding steroid dienone is 2. The first-order valence-electron chi connectivity index (χ1n) is 9.17. The van der Waals surface area contributed by atoms with Gasteiger partial charge in [-0.1, -0.05) is 67.6 Å². The van der Waals surface area contributed by atoms with Crippen molar-refractivity contribution in [1.82, 2.24) is 14.8 Å². The lowest BCUT2D eigenvalue weighted by atomic mass is 9.72. The first-order chi connectivity index (χ1) is 12.9. The van der Waals surface area contributed by atoms with Crippen molar-refractivity contribution in [2.45, 2.75) is 38.4 Å². The van der Waals surface area contributed by atoms with Crippen LogP contribution in [0, 0.1) is 18.3 Å². The number of hydrogen-bond acceptors (Lipinski definition) is 5. The van der Waals surface area contributed by atoms with Gasteiger partial charge in [-0.15, -0.1) is 11.7 Å². The van der Waals surface area contributed by atoms with E-state index in [0.29, 0.717) is 17.5 Å². The molecular formula is C21H24N4OS. The molecule has 2 aliphatic rings. The van der Waals surface area contributed by atoms with Gasteiger partial charge in [0.2, 0.25) is 11.1 Å². The summed E-state index contributed by atoms with van der Waals surface area (Å²) in [5.41, 5.74) is 3.07. The number of aryl methyl sites for hydroxylation is 1. The molecule has 2 heterocycles. The Morgan fingerprint density at radius 1 is 1.37 bits per heavy atom. The molecule has 5 nitrogen and oxygen atoms in total. The molecule has 2 atom stereocenters. The Bertz CT molecular complexity index is 926. The lowest BCUT2D eigenvalue weighted by Gasteiger charge is -2.40. The van der Waals surface area contributed by atoms with Crippen LogP contribution in [0.3, 0.4) is 0 Å². The van der Waals surface area contributed by atoms with Crippen LogP contribution in [-0.2, 0) is 4.79 Å². The highest BCUT2D eigenvalue weighted by Gasteiger charge is 2.45.